The van der Waals surface area contributed by atoms with Crippen molar-refractivity contribution in [1.29, 1.82) is 0 Å². The summed E-state index contributed by atoms with van der Waals surface area (Å²) in [6.45, 7) is 5.80. The van der Waals surface area contributed by atoms with Crippen LogP contribution in [0.4, 0.5) is 0 Å². The van der Waals surface area contributed by atoms with E-state index < -0.39 is 5.54 Å². The van der Waals surface area contributed by atoms with Gasteiger partial charge < -0.3 is 10.2 Å². The van der Waals surface area contributed by atoms with Crippen LogP contribution in [0.25, 0.3) is 0 Å². The minimum Gasteiger partial charge on any atom is -0.354 e. The summed E-state index contributed by atoms with van der Waals surface area (Å²) < 4.78 is 0. The first-order valence-corrected chi connectivity index (χ1v) is 13.6. The molecule has 1 heterocycles. The smallest absolute Gasteiger partial charge is 0.246 e. The molecule has 2 aliphatic carbocycles. The third-order valence-electron chi connectivity index (χ3n) is 8.77. The lowest BCUT2D eigenvalue weighted by atomic mass is 9.62. The van der Waals surface area contributed by atoms with Crippen molar-refractivity contribution in [3.05, 3.63) is 71.3 Å². The molecule has 0 radical (unpaired) electrons. The van der Waals surface area contributed by atoms with E-state index in [1.807, 2.05) is 23.1 Å². The van der Waals surface area contributed by atoms with Gasteiger partial charge in [0.05, 0.1) is 0 Å². The van der Waals surface area contributed by atoms with Gasteiger partial charge in [-0.1, -0.05) is 68.4 Å². The van der Waals surface area contributed by atoms with Gasteiger partial charge in [-0.2, -0.15) is 0 Å². The molecule has 0 aromatic heterocycles. The Morgan fingerprint density at radius 3 is 2.40 bits per heavy atom. The Hall–Kier alpha value is -2.62. The van der Waals surface area contributed by atoms with E-state index in [4.69, 9.17) is 0 Å². The lowest BCUT2D eigenvalue weighted by molar-refractivity contribution is -0.149. The number of fused-ring (bicyclic) bond motifs is 2. The summed E-state index contributed by atoms with van der Waals surface area (Å²) in [4.78, 5) is 29.4. The summed E-state index contributed by atoms with van der Waals surface area (Å²) in [7, 11) is 0. The first kappa shape index (κ1) is 24.1. The monoisotopic (exact) mass is 472 g/mol. The van der Waals surface area contributed by atoms with Crippen LogP contribution in [0.3, 0.4) is 0 Å². The first-order valence-electron chi connectivity index (χ1n) is 13.6. The number of hydrogen-bond donors (Lipinski definition) is 1. The van der Waals surface area contributed by atoms with E-state index in [0.29, 0.717) is 36.6 Å². The summed E-state index contributed by atoms with van der Waals surface area (Å²) in [6.07, 6.45) is 7.18. The zero-order valence-corrected chi connectivity index (χ0v) is 21.3. The molecule has 2 amide bonds. The normalized spacial score (nSPS) is 28.0. The summed E-state index contributed by atoms with van der Waals surface area (Å²) in [5, 5.41) is 3.28. The van der Waals surface area contributed by atoms with Gasteiger partial charge in [0, 0.05) is 19.5 Å². The van der Waals surface area contributed by atoms with Gasteiger partial charge in [0.2, 0.25) is 11.8 Å². The van der Waals surface area contributed by atoms with Crippen LogP contribution in [0.5, 0.6) is 0 Å². The van der Waals surface area contributed by atoms with Gasteiger partial charge in [-0.05, 0) is 85.3 Å². The van der Waals surface area contributed by atoms with Crippen molar-refractivity contribution in [1.82, 2.24) is 10.2 Å². The van der Waals surface area contributed by atoms with Crippen LogP contribution < -0.4 is 5.32 Å². The maximum absolute atomic E-state index is 14.0. The highest BCUT2D eigenvalue weighted by molar-refractivity contribution is 5.92. The van der Waals surface area contributed by atoms with Gasteiger partial charge in [0.1, 0.15) is 5.54 Å². The van der Waals surface area contributed by atoms with E-state index in [-0.39, 0.29) is 11.8 Å². The maximum Gasteiger partial charge on any atom is 0.246 e. The van der Waals surface area contributed by atoms with E-state index in [9.17, 15) is 9.59 Å². The SMILES string of the molecule is CC(C)C[C@H]1CC(=O)N([C@]2(C(=O)NCCc3ccccc3)CC[C@@H]3Cc4ccccc4C[C@H]3C2)C1. The molecule has 4 nitrogen and oxygen atoms in total. The average Bonchev–Trinajstić information content (AvgIpc) is 3.22. The van der Waals surface area contributed by atoms with Gasteiger partial charge in [0.15, 0.2) is 0 Å². The highest BCUT2D eigenvalue weighted by Gasteiger charge is 2.54. The molecule has 1 aliphatic heterocycles. The predicted molar refractivity (Wildman–Crippen MR) is 140 cm³/mol. The quantitative estimate of drug-likeness (QED) is 0.603. The zero-order chi connectivity index (χ0) is 24.4. The molecule has 4 heteroatoms. The van der Waals surface area contributed by atoms with Crippen molar-refractivity contribution in [2.45, 2.75) is 70.8 Å². The number of hydrogen-bond acceptors (Lipinski definition) is 2. The highest BCUT2D eigenvalue weighted by Crippen LogP contribution is 2.47. The van der Waals surface area contributed by atoms with Crippen LogP contribution in [0.1, 0.15) is 62.6 Å². The van der Waals surface area contributed by atoms with Crippen molar-refractivity contribution in [2.75, 3.05) is 13.1 Å². The second kappa shape index (κ2) is 10.2. The molecule has 2 aromatic rings. The van der Waals surface area contributed by atoms with Gasteiger partial charge in [-0.25, -0.2) is 0 Å². The fraction of sp³-hybridized carbons (Fsp3) is 0.548. The number of benzene rings is 2. The van der Waals surface area contributed by atoms with E-state index in [1.54, 1.807) is 0 Å². The van der Waals surface area contributed by atoms with Crippen LogP contribution in [-0.4, -0.2) is 35.3 Å². The minimum absolute atomic E-state index is 0.0734. The van der Waals surface area contributed by atoms with E-state index >= 15 is 0 Å². The number of nitrogens with one attached hydrogen (secondary N) is 1. The van der Waals surface area contributed by atoms with Crippen LogP contribution in [-0.2, 0) is 28.9 Å². The largest absolute Gasteiger partial charge is 0.354 e. The Labute approximate surface area is 210 Å². The Morgan fingerprint density at radius 1 is 1.00 bits per heavy atom. The van der Waals surface area contributed by atoms with Gasteiger partial charge in [0.25, 0.3) is 0 Å². The first-order chi connectivity index (χ1) is 16.9. The molecule has 2 fully saturated rings. The van der Waals surface area contributed by atoms with Crippen molar-refractivity contribution in [3.8, 4) is 0 Å². The van der Waals surface area contributed by atoms with E-state index in [2.05, 4.69) is 55.6 Å². The number of carbonyl (C=O) groups is 2. The molecule has 186 valence electrons. The topological polar surface area (TPSA) is 49.4 Å². The summed E-state index contributed by atoms with van der Waals surface area (Å²) in [5.41, 5.74) is 3.43. The number of nitrogens with zero attached hydrogens (tertiary/aromatic N) is 1. The Morgan fingerprint density at radius 2 is 1.69 bits per heavy atom. The molecule has 0 unspecified atom stereocenters. The molecule has 1 saturated carbocycles. The summed E-state index contributed by atoms with van der Waals surface area (Å²) in [5.74, 6) is 2.25. The lowest BCUT2D eigenvalue weighted by Crippen LogP contribution is -2.63. The molecule has 3 aliphatic rings. The van der Waals surface area contributed by atoms with Crippen LogP contribution in [0.15, 0.2) is 54.6 Å². The third kappa shape index (κ3) is 5.03. The average molecular weight is 473 g/mol. The van der Waals surface area contributed by atoms with Crippen molar-refractivity contribution in [2.24, 2.45) is 23.7 Å². The Balaban J connectivity index is 1.37. The Bertz CT molecular complexity index is 1050. The van der Waals surface area contributed by atoms with Crippen molar-refractivity contribution < 1.29 is 9.59 Å². The molecule has 5 rings (SSSR count). The van der Waals surface area contributed by atoms with Crippen LogP contribution in [0.2, 0.25) is 0 Å². The van der Waals surface area contributed by atoms with Crippen molar-refractivity contribution >= 4 is 11.8 Å². The number of likely N-dealkylation sites (tertiary alicyclic amines) is 1. The van der Waals surface area contributed by atoms with Gasteiger partial charge in [-0.15, -0.1) is 0 Å². The second-order valence-corrected chi connectivity index (χ2v) is 11.7. The second-order valence-electron chi connectivity index (χ2n) is 11.7. The molecule has 1 saturated heterocycles. The molecule has 0 spiro atoms. The van der Waals surface area contributed by atoms with Crippen LogP contribution >= 0.6 is 0 Å². The molecule has 2 aromatic carbocycles. The van der Waals surface area contributed by atoms with Crippen molar-refractivity contribution in [3.63, 3.8) is 0 Å². The molecule has 1 N–H and O–H groups in total. The third-order valence-corrected chi connectivity index (χ3v) is 8.77. The summed E-state index contributed by atoms with van der Waals surface area (Å²) in [6, 6.07) is 19.1. The number of amides is 2. The lowest BCUT2D eigenvalue weighted by Gasteiger charge is -2.50. The van der Waals surface area contributed by atoms with Gasteiger partial charge in [-0.3, -0.25) is 9.59 Å². The summed E-state index contributed by atoms with van der Waals surface area (Å²) >= 11 is 0. The molecular formula is C31H40N2O2. The molecule has 0 bridgehead atoms. The zero-order valence-electron chi connectivity index (χ0n) is 21.3. The fourth-order valence-electron chi connectivity index (χ4n) is 7.11. The van der Waals surface area contributed by atoms with Crippen LogP contribution in [0, 0.1) is 23.7 Å². The van der Waals surface area contributed by atoms with Gasteiger partial charge >= 0.3 is 0 Å². The maximum atomic E-state index is 14.0. The fourth-order valence-corrected chi connectivity index (χ4v) is 7.11. The molecular weight excluding hydrogens is 432 g/mol. The Kier molecular flexibility index (Phi) is 7.00. The van der Waals surface area contributed by atoms with E-state index in [1.165, 1.54) is 16.7 Å². The predicted octanol–water partition coefficient (Wildman–Crippen LogP) is 5.19. The van der Waals surface area contributed by atoms with E-state index in [0.717, 1.165) is 51.5 Å². The minimum atomic E-state index is -0.701. The molecule has 35 heavy (non-hydrogen) atoms. The number of carbonyl (C=O) groups excluding carboxylic acids is 2. The molecule has 4 atom stereocenters. The number of rotatable bonds is 7. The standard InChI is InChI=1S/C31H40N2O2/c1-22(2)16-24-17-29(34)33(21-24)31(30(35)32-15-13-23-8-4-3-5-9-23)14-12-27-18-25-10-6-7-11-26(25)19-28(27)20-31/h3-11,22,24,27-28H,12-21H2,1-2H3,(H,32,35)/t24-,27+,28-,31+/m0/s1. The highest BCUT2D eigenvalue weighted by atomic mass is 16.2.